The van der Waals surface area contributed by atoms with Gasteiger partial charge in [0.15, 0.2) is 6.40 Å². The molecule has 0 fully saturated rings. The quantitative estimate of drug-likeness (QED) is 0.255. The lowest BCUT2D eigenvalue weighted by atomic mass is 10.00. The minimum Gasteiger partial charge on any atom is -0.397 e. The molecule has 0 aliphatic carbocycles. The Bertz CT molecular complexity index is 107. The number of unbranched alkanes of at least 4 members (excludes halogenated alkanes) is 1. The van der Waals surface area contributed by atoms with E-state index in [1.165, 1.54) is 25.7 Å². The van der Waals surface area contributed by atoms with E-state index in [1.807, 2.05) is 0 Å². The van der Waals surface area contributed by atoms with E-state index < -0.39 is 0 Å². The minimum atomic E-state index is 0.685. The first-order valence-corrected chi connectivity index (χ1v) is 4.72. The van der Waals surface area contributed by atoms with Gasteiger partial charge in [-0.05, 0) is 12.3 Å². The van der Waals surface area contributed by atoms with Crippen LogP contribution in [0, 0.1) is 11.3 Å². The van der Waals surface area contributed by atoms with Crippen molar-refractivity contribution in [1.82, 2.24) is 5.48 Å². The first kappa shape index (κ1) is 11.4. The summed E-state index contributed by atoms with van der Waals surface area (Å²) in [6.07, 6.45) is 5.88. The molecule has 0 aliphatic heterocycles. The van der Waals surface area contributed by atoms with Gasteiger partial charge >= 0.3 is 0 Å². The molecule has 0 aromatic carbocycles. The SMILES string of the molecule is CCCCC(CC)CNOC=N. The van der Waals surface area contributed by atoms with E-state index in [1.54, 1.807) is 0 Å². The first-order chi connectivity index (χ1) is 5.85. The molecule has 0 aliphatic rings. The smallest absolute Gasteiger partial charge is 0.193 e. The van der Waals surface area contributed by atoms with E-state index in [4.69, 9.17) is 5.41 Å². The van der Waals surface area contributed by atoms with Gasteiger partial charge in [-0.3, -0.25) is 5.41 Å². The van der Waals surface area contributed by atoms with Crippen LogP contribution in [0.25, 0.3) is 0 Å². The Labute approximate surface area is 75.0 Å². The summed E-state index contributed by atoms with van der Waals surface area (Å²) in [5.74, 6) is 0.685. The minimum absolute atomic E-state index is 0.685. The van der Waals surface area contributed by atoms with Gasteiger partial charge in [-0.2, -0.15) is 5.48 Å². The lowest BCUT2D eigenvalue weighted by Gasteiger charge is -2.13. The zero-order valence-electron chi connectivity index (χ0n) is 8.10. The van der Waals surface area contributed by atoms with E-state index in [9.17, 15) is 0 Å². The fourth-order valence-corrected chi connectivity index (χ4v) is 1.15. The van der Waals surface area contributed by atoms with E-state index in [2.05, 4.69) is 24.2 Å². The van der Waals surface area contributed by atoms with Gasteiger partial charge < -0.3 is 4.84 Å². The van der Waals surface area contributed by atoms with Gasteiger partial charge in [0.25, 0.3) is 0 Å². The first-order valence-electron chi connectivity index (χ1n) is 4.72. The molecule has 3 heteroatoms. The molecule has 2 N–H and O–H groups in total. The van der Waals surface area contributed by atoms with Crippen LogP contribution in [0.1, 0.15) is 39.5 Å². The summed E-state index contributed by atoms with van der Waals surface area (Å²) in [6, 6.07) is 0. The van der Waals surface area contributed by atoms with Crippen molar-refractivity contribution in [3.63, 3.8) is 0 Å². The van der Waals surface area contributed by atoms with Gasteiger partial charge in [0.05, 0.1) is 0 Å². The zero-order valence-corrected chi connectivity index (χ0v) is 8.10. The molecule has 1 atom stereocenters. The molecule has 12 heavy (non-hydrogen) atoms. The highest BCUT2D eigenvalue weighted by molar-refractivity contribution is 5.40. The molecule has 0 rings (SSSR count). The Morgan fingerprint density at radius 1 is 1.50 bits per heavy atom. The van der Waals surface area contributed by atoms with Crippen molar-refractivity contribution in [1.29, 1.82) is 5.41 Å². The summed E-state index contributed by atoms with van der Waals surface area (Å²) in [7, 11) is 0. The van der Waals surface area contributed by atoms with E-state index >= 15 is 0 Å². The molecule has 0 spiro atoms. The Morgan fingerprint density at radius 2 is 2.25 bits per heavy atom. The van der Waals surface area contributed by atoms with E-state index in [0.717, 1.165) is 12.9 Å². The number of rotatable bonds is 8. The Balaban J connectivity index is 3.32. The largest absolute Gasteiger partial charge is 0.397 e. The van der Waals surface area contributed by atoms with Crippen molar-refractivity contribution in [3.8, 4) is 0 Å². The molecule has 0 saturated carbocycles. The van der Waals surface area contributed by atoms with Crippen LogP contribution in [-0.2, 0) is 4.84 Å². The summed E-state index contributed by atoms with van der Waals surface area (Å²) >= 11 is 0. The van der Waals surface area contributed by atoms with Gasteiger partial charge in [0.1, 0.15) is 0 Å². The number of nitrogens with one attached hydrogen (secondary N) is 2. The predicted molar refractivity (Wildman–Crippen MR) is 51.2 cm³/mol. The van der Waals surface area contributed by atoms with Crippen LogP contribution in [0.3, 0.4) is 0 Å². The van der Waals surface area contributed by atoms with Crippen molar-refractivity contribution >= 4 is 6.40 Å². The highest BCUT2D eigenvalue weighted by Gasteiger charge is 2.04. The monoisotopic (exact) mass is 172 g/mol. The third-order valence-corrected chi connectivity index (χ3v) is 2.06. The van der Waals surface area contributed by atoms with Crippen molar-refractivity contribution < 1.29 is 4.84 Å². The molecule has 3 nitrogen and oxygen atoms in total. The summed E-state index contributed by atoms with van der Waals surface area (Å²) in [4.78, 5) is 4.64. The summed E-state index contributed by atoms with van der Waals surface area (Å²) < 4.78 is 0. The Kier molecular flexibility index (Phi) is 8.12. The molecule has 0 aromatic heterocycles. The molecule has 1 unspecified atom stereocenters. The van der Waals surface area contributed by atoms with Crippen LogP contribution < -0.4 is 5.48 Å². The topological polar surface area (TPSA) is 45.1 Å². The molecular formula is C9H20N2O. The van der Waals surface area contributed by atoms with Crippen LogP contribution in [0.5, 0.6) is 0 Å². The maximum absolute atomic E-state index is 6.63. The summed E-state index contributed by atoms with van der Waals surface area (Å²) in [5, 5.41) is 6.63. The lowest BCUT2D eigenvalue weighted by molar-refractivity contribution is 0.167. The summed E-state index contributed by atoms with van der Waals surface area (Å²) in [6.45, 7) is 5.24. The van der Waals surface area contributed by atoms with Crippen LogP contribution in [0.4, 0.5) is 0 Å². The Hall–Kier alpha value is -0.570. The standard InChI is InChI=1S/C9H20N2O/c1-3-5-6-9(4-2)7-11-12-8-10/h8-11H,3-7H2,1-2H3. The van der Waals surface area contributed by atoms with E-state index in [0.29, 0.717) is 5.92 Å². The van der Waals surface area contributed by atoms with Crippen molar-refractivity contribution in [2.45, 2.75) is 39.5 Å². The van der Waals surface area contributed by atoms with Gasteiger partial charge in [-0.15, -0.1) is 0 Å². The molecule has 0 aromatic rings. The van der Waals surface area contributed by atoms with Crippen LogP contribution >= 0.6 is 0 Å². The third-order valence-electron chi connectivity index (χ3n) is 2.06. The van der Waals surface area contributed by atoms with Crippen LogP contribution in [0.2, 0.25) is 0 Å². The molecule has 0 amide bonds. The second-order valence-electron chi connectivity index (χ2n) is 3.00. The maximum Gasteiger partial charge on any atom is 0.193 e. The van der Waals surface area contributed by atoms with E-state index in [-0.39, 0.29) is 0 Å². The molecule has 0 radical (unpaired) electrons. The summed E-state index contributed by atoms with van der Waals surface area (Å²) in [5.41, 5.74) is 2.75. The number of hydroxylamine groups is 1. The molecule has 72 valence electrons. The lowest BCUT2D eigenvalue weighted by Crippen LogP contribution is -2.22. The van der Waals surface area contributed by atoms with Gasteiger partial charge in [0.2, 0.25) is 0 Å². The highest BCUT2D eigenvalue weighted by Crippen LogP contribution is 2.10. The van der Waals surface area contributed by atoms with Crippen LogP contribution in [0.15, 0.2) is 0 Å². The average molecular weight is 172 g/mol. The zero-order chi connectivity index (χ0) is 9.23. The average Bonchev–Trinajstić information content (AvgIpc) is 2.11. The predicted octanol–water partition coefficient (Wildman–Crippen LogP) is 2.33. The highest BCUT2D eigenvalue weighted by atomic mass is 16.6. The van der Waals surface area contributed by atoms with Crippen LogP contribution in [-0.4, -0.2) is 12.9 Å². The van der Waals surface area contributed by atoms with Crippen molar-refractivity contribution in [2.24, 2.45) is 5.92 Å². The molecular weight excluding hydrogens is 152 g/mol. The fourth-order valence-electron chi connectivity index (χ4n) is 1.15. The molecule has 0 saturated heterocycles. The van der Waals surface area contributed by atoms with Gasteiger partial charge in [-0.1, -0.05) is 33.1 Å². The van der Waals surface area contributed by atoms with Crippen molar-refractivity contribution in [3.05, 3.63) is 0 Å². The fraction of sp³-hybridized carbons (Fsp3) is 0.889. The van der Waals surface area contributed by atoms with Crippen molar-refractivity contribution in [2.75, 3.05) is 6.54 Å². The normalized spacial score (nSPS) is 12.5. The maximum atomic E-state index is 6.63. The second kappa shape index (κ2) is 8.53. The molecule has 0 bridgehead atoms. The second-order valence-corrected chi connectivity index (χ2v) is 3.00. The van der Waals surface area contributed by atoms with Gasteiger partial charge in [0, 0.05) is 6.54 Å². The Morgan fingerprint density at radius 3 is 2.75 bits per heavy atom. The number of hydrogen-bond acceptors (Lipinski definition) is 3. The van der Waals surface area contributed by atoms with Gasteiger partial charge in [-0.25, -0.2) is 0 Å². The molecule has 0 heterocycles. The number of hydrogen-bond donors (Lipinski definition) is 2. The third kappa shape index (κ3) is 6.16.